The number of nitriles is 1. The number of anilines is 1. The highest BCUT2D eigenvalue weighted by Gasteiger charge is 2.23. The highest BCUT2D eigenvalue weighted by molar-refractivity contribution is 7.99. The standard InChI is InChI=1S/C26H27ClFN5O2S2/c1-3-12-33-24(16(2)35-21-11-10-17(28)13-20(21)27)31-32-26(33)36-15-23(34)30-25-19(14-29)18-8-6-4-5-7-9-22(18)37-25/h3,10-11,13,16H,1,4-9,12,15H2,2H3,(H,30,34). The van der Waals surface area contributed by atoms with E-state index in [4.69, 9.17) is 16.3 Å². The van der Waals surface area contributed by atoms with Crippen molar-refractivity contribution in [3.8, 4) is 11.8 Å². The number of aromatic nitrogens is 3. The van der Waals surface area contributed by atoms with Crippen molar-refractivity contribution in [2.75, 3.05) is 11.1 Å². The number of rotatable bonds is 9. The second-order valence-corrected chi connectivity index (χ2v) is 11.1. The van der Waals surface area contributed by atoms with E-state index in [2.05, 4.69) is 28.2 Å². The van der Waals surface area contributed by atoms with Gasteiger partial charge in [-0.2, -0.15) is 5.26 Å². The van der Waals surface area contributed by atoms with Crippen LogP contribution in [0.1, 0.15) is 60.5 Å². The molecule has 11 heteroatoms. The summed E-state index contributed by atoms with van der Waals surface area (Å²) in [5.41, 5.74) is 1.70. The van der Waals surface area contributed by atoms with Crippen LogP contribution in [-0.4, -0.2) is 26.4 Å². The molecule has 4 rings (SSSR count). The van der Waals surface area contributed by atoms with Crippen molar-refractivity contribution in [1.82, 2.24) is 14.8 Å². The number of nitrogens with one attached hydrogen (secondary N) is 1. The highest BCUT2D eigenvalue weighted by atomic mass is 35.5. The van der Waals surface area contributed by atoms with Crippen LogP contribution in [0.15, 0.2) is 36.0 Å². The lowest BCUT2D eigenvalue weighted by atomic mass is 9.97. The van der Waals surface area contributed by atoms with Crippen LogP contribution in [-0.2, 0) is 24.2 Å². The number of halogens is 2. The Hall–Kier alpha value is -2.87. The van der Waals surface area contributed by atoms with E-state index in [0.717, 1.165) is 31.2 Å². The number of thioether (sulfide) groups is 1. The second-order valence-electron chi connectivity index (χ2n) is 8.65. The van der Waals surface area contributed by atoms with Crippen LogP contribution < -0.4 is 10.1 Å². The molecule has 37 heavy (non-hydrogen) atoms. The number of hydrogen-bond acceptors (Lipinski definition) is 7. The molecule has 1 amide bonds. The van der Waals surface area contributed by atoms with Gasteiger partial charge in [0.05, 0.1) is 16.3 Å². The Balaban J connectivity index is 1.44. The molecule has 3 aromatic rings. The van der Waals surface area contributed by atoms with Gasteiger partial charge in [0.1, 0.15) is 22.6 Å². The Morgan fingerprint density at radius 3 is 2.89 bits per heavy atom. The maximum Gasteiger partial charge on any atom is 0.235 e. The lowest BCUT2D eigenvalue weighted by molar-refractivity contribution is -0.113. The van der Waals surface area contributed by atoms with E-state index in [0.29, 0.717) is 33.8 Å². The van der Waals surface area contributed by atoms with Crippen molar-refractivity contribution >= 4 is 45.6 Å². The predicted molar refractivity (Wildman–Crippen MR) is 145 cm³/mol. The molecule has 1 aliphatic rings. The van der Waals surface area contributed by atoms with E-state index in [1.807, 2.05) is 4.57 Å². The minimum Gasteiger partial charge on any atom is -0.481 e. The SMILES string of the molecule is C=CCn1c(SCC(=O)Nc2sc3c(c2C#N)CCCCCC3)nnc1C(C)Oc1ccc(F)cc1Cl. The number of hydrogen-bond donors (Lipinski definition) is 1. The van der Waals surface area contributed by atoms with Crippen LogP contribution >= 0.6 is 34.7 Å². The summed E-state index contributed by atoms with van der Waals surface area (Å²) in [6, 6.07) is 6.22. The maximum absolute atomic E-state index is 13.4. The summed E-state index contributed by atoms with van der Waals surface area (Å²) in [6.45, 7) is 6.00. The van der Waals surface area contributed by atoms with E-state index in [9.17, 15) is 14.4 Å². The molecule has 0 fully saturated rings. The Morgan fingerprint density at radius 1 is 1.38 bits per heavy atom. The first-order chi connectivity index (χ1) is 17.9. The van der Waals surface area contributed by atoms with Crippen LogP contribution in [0.5, 0.6) is 5.75 Å². The summed E-state index contributed by atoms with van der Waals surface area (Å²) >= 11 is 8.86. The largest absolute Gasteiger partial charge is 0.481 e. The van der Waals surface area contributed by atoms with Crippen LogP contribution in [0.2, 0.25) is 5.02 Å². The third-order valence-electron chi connectivity index (χ3n) is 5.99. The van der Waals surface area contributed by atoms with Gasteiger partial charge in [0.2, 0.25) is 5.91 Å². The summed E-state index contributed by atoms with van der Waals surface area (Å²) in [7, 11) is 0. The van der Waals surface area contributed by atoms with Gasteiger partial charge in [-0.15, -0.1) is 28.1 Å². The van der Waals surface area contributed by atoms with Crippen molar-refractivity contribution in [3.05, 3.63) is 63.5 Å². The molecule has 1 aliphatic carbocycles. The lowest BCUT2D eigenvalue weighted by Gasteiger charge is -2.16. The lowest BCUT2D eigenvalue weighted by Crippen LogP contribution is -2.15. The fourth-order valence-electron chi connectivity index (χ4n) is 4.24. The smallest absolute Gasteiger partial charge is 0.235 e. The Bertz CT molecular complexity index is 1330. The van der Waals surface area contributed by atoms with Crippen molar-refractivity contribution in [3.63, 3.8) is 0 Å². The van der Waals surface area contributed by atoms with E-state index in [1.165, 1.54) is 59.0 Å². The first kappa shape index (κ1) is 27.2. The van der Waals surface area contributed by atoms with E-state index in [1.54, 1.807) is 13.0 Å². The molecule has 194 valence electrons. The topological polar surface area (TPSA) is 92.8 Å². The van der Waals surface area contributed by atoms with Crippen LogP contribution in [0.3, 0.4) is 0 Å². The monoisotopic (exact) mass is 559 g/mol. The molecule has 1 atom stereocenters. The average Bonchev–Trinajstić information content (AvgIpc) is 3.40. The number of aryl methyl sites for hydroxylation is 1. The number of amides is 1. The molecule has 0 saturated heterocycles. The third-order valence-corrected chi connectivity index (χ3v) is 8.46. The van der Waals surface area contributed by atoms with Crippen molar-refractivity contribution < 1.29 is 13.9 Å². The zero-order chi connectivity index (χ0) is 26.4. The minimum atomic E-state index is -0.539. The predicted octanol–water partition coefficient (Wildman–Crippen LogP) is 6.72. The molecular weight excluding hydrogens is 533 g/mol. The van der Waals surface area contributed by atoms with Gasteiger partial charge in [-0.25, -0.2) is 4.39 Å². The minimum absolute atomic E-state index is 0.0989. The van der Waals surface area contributed by atoms with E-state index >= 15 is 0 Å². The van der Waals surface area contributed by atoms with Crippen LogP contribution in [0.4, 0.5) is 9.39 Å². The van der Waals surface area contributed by atoms with Crippen molar-refractivity contribution in [2.24, 2.45) is 0 Å². The van der Waals surface area contributed by atoms with Crippen molar-refractivity contribution in [2.45, 2.75) is 63.3 Å². The molecule has 7 nitrogen and oxygen atoms in total. The van der Waals surface area contributed by atoms with Gasteiger partial charge in [0.25, 0.3) is 0 Å². The quantitative estimate of drug-likeness (QED) is 0.231. The number of allylic oxidation sites excluding steroid dienone is 1. The van der Waals surface area contributed by atoms with E-state index < -0.39 is 11.9 Å². The third kappa shape index (κ3) is 6.53. The van der Waals surface area contributed by atoms with Gasteiger partial charge in [-0.1, -0.05) is 42.3 Å². The Morgan fingerprint density at radius 2 is 2.16 bits per heavy atom. The number of ether oxygens (including phenoxy) is 1. The second kappa shape index (κ2) is 12.6. The molecule has 1 unspecified atom stereocenters. The van der Waals surface area contributed by atoms with Gasteiger partial charge in [0.15, 0.2) is 17.1 Å². The highest BCUT2D eigenvalue weighted by Crippen LogP contribution is 2.37. The molecule has 0 aliphatic heterocycles. The van der Waals surface area contributed by atoms with Gasteiger partial charge >= 0.3 is 0 Å². The number of nitrogens with zero attached hydrogens (tertiary/aromatic N) is 4. The van der Waals surface area contributed by atoms with Crippen LogP contribution in [0.25, 0.3) is 0 Å². The maximum atomic E-state index is 13.4. The number of carbonyl (C=O) groups excluding carboxylic acids is 1. The summed E-state index contributed by atoms with van der Waals surface area (Å²) in [4.78, 5) is 14.0. The molecule has 0 spiro atoms. The van der Waals surface area contributed by atoms with E-state index in [-0.39, 0.29) is 16.7 Å². The Labute approximate surface area is 228 Å². The Kier molecular flexibility index (Phi) is 9.24. The normalized spacial score (nSPS) is 14.1. The molecule has 1 N–H and O–H groups in total. The van der Waals surface area contributed by atoms with Gasteiger partial charge in [-0.05, 0) is 56.4 Å². The average molecular weight is 560 g/mol. The van der Waals surface area contributed by atoms with Crippen molar-refractivity contribution in [1.29, 1.82) is 5.26 Å². The fraction of sp³-hybridized carbons (Fsp3) is 0.385. The van der Waals surface area contributed by atoms with Crippen LogP contribution in [0, 0.1) is 17.1 Å². The summed E-state index contributed by atoms with van der Waals surface area (Å²) in [5, 5.41) is 22.5. The number of benzene rings is 1. The van der Waals surface area contributed by atoms with Gasteiger partial charge in [0, 0.05) is 11.4 Å². The summed E-state index contributed by atoms with van der Waals surface area (Å²) < 4.78 is 21.1. The molecular formula is C26H27ClFN5O2S2. The molecule has 0 radical (unpaired) electrons. The first-order valence-electron chi connectivity index (χ1n) is 12.0. The first-order valence-corrected chi connectivity index (χ1v) is 14.2. The summed E-state index contributed by atoms with van der Waals surface area (Å²) in [5.74, 6) is 0.283. The number of carbonyl (C=O) groups is 1. The molecule has 2 aromatic heterocycles. The molecule has 0 saturated carbocycles. The zero-order valence-corrected chi connectivity index (χ0v) is 22.8. The molecule has 0 bridgehead atoms. The number of fused-ring (bicyclic) bond motifs is 1. The molecule has 1 aromatic carbocycles. The zero-order valence-electron chi connectivity index (χ0n) is 20.4. The summed E-state index contributed by atoms with van der Waals surface area (Å²) in [6.07, 6.45) is 7.55. The fourth-order valence-corrected chi connectivity index (χ4v) is 6.46. The van der Waals surface area contributed by atoms with Gasteiger partial charge in [-0.3, -0.25) is 9.36 Å². The number of thiophene rings is 1. The molecule has 2 heterocycles. The van der Waals surface area contributed by atoms with Gasteiger partial charge < -0.3 is 10.1 Å².